The lowest BCUT2D eigenvalue weighted by Crippen LogP contribution is -1.89. The molecule has 0 amide bonds. The van der Waals surface area contributed by atoms with Crippen molar-refractivity contribution in [3.05, 3.63) is 52.1 Å². The van der Waals surface area contributed by atoms with Crippen molar-refractivity contribution < 1.29 is 4.74 Å². The maximum atomic E-state index is 6.01. The molecule has 17 heavy (non-hydrogen) atoms. The van der Waals surface area contributed by atoms with Crippen molar-refractivity contribution in [2.45, 2.75) is 5.33 Å². The molecule has 0 N–H and O–H groups in total. The first-order valence-corrected chi connectivity index (χ1v) is 6.71. The van der Waals surface area contributed by atoms with Gasteiger partial charge in [-0.15, -0.1) is 0 Å². The van der Waals surface area contributed by atoms with E-state index in [1.54, 1.807) is 30.5 Å². The van der Waals surface area contributed by atoms with Gasteiger partial charge < -0.3 is 4.74 Å². The molecule has 0 aliphatic heterocycles. The van der Waals surface area contributed by atoms with Gasteiger partial charge in [0.2, 0.25) is 5.88 Å². The summed E-state index contributed by atoms with van der Waals surface area (Å²) in [5, 5.41) is 1.61. The average Bonchev–Trinajstić information content (AvgIpc) is 2.36. The molecule has 0 atom stereocenters. The van der Waals surface area contributed by atoms with Crippen LogP contribution < -0.4 is 4.74 Å². The second-order valence-corrected chi connectivity index (χ2v) is 4.64. The number of nitrogens with zero attached hydrogens (tertiary/aromatic N) is 1. The van der Waals surface area contributed by atoms with E-state index in [0.717, 1.165) is 10.9 Å². The van der Waals surface area contributed by atoms with E-state index in [4.69, 9.17) is 27.9 Å². The van der Waals surface area contributed by atoms with Crippen molar-refractivity contribution in [2.75, 3.05) is 0 Å². The molecule has 0 saturated heterocycles. The molecule has 2 nitrogen and oxygen atoms in total. The summed E-state index contributed by atoms with van der Waals surface area (Å²) in [7, 11) is 0. The Hall–Kier alpha value is -0.770. The highest BCUT2D eigenvalue weighted by Crippen LogP contribution is 2.33. The maximum absolute atomic E-state index is 6.01. The van der Waals surface area contributed by atoms with Crippen molar-refractivity contribution in [3.63, 3.8) is 0 Å². The predicted octanol–water partition coefficient (Wildman–Crippen LogP) is 5.08. The van der Waals surface area contributed by atoms with Crippen LogP contribution in [0.5, 0.6) is 11.6 Å². The van der Waals surface area contributed by atoms with Gasteiger partial charge in [0.25, 0.3) is 0 Å². The zero-order valence-corrected chi connectivity index (χ0v) is 11.8. The zero-order valence-electron chi connectivity index (χ0n) is 8.66. The highest BCUT2D eigenvalue weighted by molar-refractivity contribution is 9.08. The van der Waals surface area contributed by atoms with Crippen LogP contribution in [0.4, 0.5) is 0 Å². The Bertz CT molecular complexity index is 516. The summed E-state index contributed by atoms with van der Waals surface area (Å²) in [6, 6.07) is 8.94. The number of rotatable bonds is 3. The smallest absolute Gasteiger partial charge is 0.219 e. The molecule has 0 bridgehead atoms. The number of hydrogen-bond donors (Lipinski definition) is 0. The van der Waals surface area contributed by atoms with E-state index in [2.05, 4.69) is 20.9 Å². The van der Waals surface area contributed by atoms with E-state index >= 15 is 0 Å². The van der Waals surface area contributed by atoms with Gasteiger partial charge in [0, 0.05) is 17.6 Å². The van der Waals surface area contributed by atoms with Crippen molar-refractivity contribution in [2.24, 2.45) is 0 Å². The standard InChI is InChI=1S/C12H8BrCl2NO/c13-6-8-4-5-11(16-7-8)17-10-3-1-2-9(14)12(10)15/h1-5,7H,6H2. The molecular formula is C12H8BrCl2NO. The van der Waals surface area contributed by atoms with E-state index in [1.165, 1.54) is 0 Å². The monoisotopic (exact) mass is 331 g/mol. The minimum absolute atomic E-state index is 0.389. The molecule has 1 aromatic carbocycles. The van der Waals surface area contributed by atoms with Crippen LogP contribution in [0.15, 0.2) is 36.5 Å². The third-order valence-electron chi connectivity index (χ3n) is 2.08. The maximum Gasteiger partial charge on any atom is 0.219 e. The summed E-state index contributed by atoms with van der Waals surface area (Å²) < 4.78 is 5.55. The third kappa shape index (κ3) is 3.12. The molecule has 0 unspecified atom stereocenters. The van der Waals surface area contributed by atoms with Crippen LogP contribution in [0.25, 0.3) is 0 Å². The van der Waals surface area contributed by atoms with E-state index in [0.29, 0.717) is 21.7 Å². The molecule has 88 valence electrons. The predicted molar refractivity (Wildman–Crippen MR) is 73.4 cm³/mol. The van der Waals surface area contributed by atoms with E-state index in [-0.39, 0.29) is 0 Å². The topological polar surface area (TPSA) is 22.1 Å². The summed E-state index contributed by atoms with van der Waals surface area (Å²) >= 11 is 15.2. The van der Waals surface area contributed by atoms with Crippen LogP contribution in [0.1, 0.15) is 5.56 Å². The zero-order chi connectivity index (χ0) is 12.3. The molecule has 5 heteroatoms. The normalized spacial score (nSPS) is 10.3. The van der Waals surface area contributed by atoms with Gasteiger partial charge in [0.05, 0.1) is 5.02 Å². The molecule has 0 aliphatic carbocycles. The van der Waals surface area contributed by atoms with Gasteiger partial charge in [0.15, 0.2) is 0 Å². The summed E-state index contributed by atoms with van der Waals surface area (Å²) in [5.74, 6) is 0.983. The van der Waals surface area contributed by atoms with Gasteiger partial charge in [-0.3, -0.25) is 0 Å². The molecule has 0 fully saturated rings. The molecule has 2 rings (SSSR count). The summed E-state index contributed by atoms with van der Waals surface area (Å²) in [6.45, 7) is 0. The lowest BCUT2D eigenvalue weighted by atomic mass is 10.3. The van der Waals surface area contributed by atoms with Crippen molar-refractivity contribution in [1.82, 2.24) is 4.98 Å². The van der Waals surface area contributed by atoms with Crippen molar-refractivity contribution in [3.8, 4) is 11.6 Å². The Morgan fingerprint density at radius 3 is 2.65 bits per heavy atom. The molecule has 0 saturated carbocycles. The van der Waals surface area contributed by atoms with Crippen LogP contribution in [0.3, 0.4) is 0 Å². The second kappa shape index (κ2) is 5.71. The van der Waals surface area contributed by atoms with E-state index in [1.807, 2.05) is 6.07 Å². The van der Waals surface area contributed by atoms with Crippen LogP contribution in [-0.2, 0) is 5.33 Å². The Balaban J connectivity index is 2.22. The fraction of sp³-hybridized carbons (Fsp3) is 0.0833. The first kappa shape index (κ1) is 12.7. The molecule has 0 aliphatic rings. The Morgan fingerprint density at radius 2 is 2.00 bits per heavy atom. The van der Waals surface area contributed by atoms with Crippen LogP contribution in [-0.4, -0.2) is 4.98 Å². The summed E-state index contributed by atoms with van der Waals surface area (Å²) in [6.07, 6.45) is 1.74. The van der Waals surface area contributed by atoms with Crippen LogP contribution in [0.2, 0.25) is 10.0 Å². The Morgan fingerprint density at radius 1 is 1.18 bits per heavy atom. The third-order valence-corrected chi connectivity index (χ3v) is 3.53. The minimum atomic E-state index is 0.389. The number of benzene rings is 1. The molecule has 1 aromatic heterocycles. The highest BCUT2D eigenvalue weighted by Gasteiger charge is 2.07. The minimum Gasteiger partial charge on any atom is -0.437 e. The van der Waals surface area contributed by atoms with Gasteiger partial charge in [-0.1, -0.05) is 51.3 Å². The number of pyridine rings is 1. The first-order valence-electron chi connectivity index (χ1n) is 4.83. The second-order valence-electron chi connectivity index (χ2n) is 3.29. The van der Waals surface area contributed by atoms with E-state index in [9.17, 15) is 0 Å². The quantitative estimate of drug-likeness (QED) is 0.731. The van der Waals surface area contributed by atoms with Gasteiger partial charge in [0.1, 0.15) is 10.8 Å². The lowest BCUT2D eigenvalue weighted by molar-refractivity contribution is 0.463. The molecule has 0 radical (unpaired) electrons. The molecular weight excluding hydrogens is 325 g/mol. The summed E-state index contributed by atoms with van der Waals surface area (Å²) in [4.78, 5) is 4.16. The van der Waals surface area contributed by atoms with Crippen LogP contribution in [0, 0.1) is 0 Å². The lowest BCUT2D eigenvalue weighted by Gasteiger charge is -2.07. The summed E-state index contributed by atoms with van der Waals surface area (Å²) in [5.41, 5.74) is 1.08. The molecule has 0 spiro atoms. The highest BCUT2D eigenvalue weighted by atomic mass is 79.9. The Kier molecular flexibility index (Phi) is 4.26. The van der Waals surface area contributed by atoms with Gasteiger partial charge in [-0.25, -0.2) is 4.98 Å². The number of ether oxygens (including phenoxy) is 1. The molecule has 1 heterocycles. The number of alkyl halides is 1. The SMILES string of the molecule is Clc1cccc(Oc2ccc(CBr)cn2)c1Cl. The van der Waals surface area contributed by atoms with Gasteiger partial charge in [-0.2, -0.15) is 0 Å². The van der Waals surface area contributed by atoms with Crippen molar-refractivity contribution >= 4 is 39.1 Å². The van der Waals surface area contributed by atoms with Gasteiger partial charge in [-0.05, 0) is 17.7 Å². The van der Waals surface area contributed by atoms with Crippen LogP contribution >= 0.6 is 39.1 Å². The molecule has 2 aromatic rings. The van der Waals surface area contributed by atoms with E-state index < -0.39 is 0 Å². The van der Waals surface area contributed by atoms with Crippen molar-refractivity contribution in [1.29, 1.82) is 0 Å². The van der Waals surface area contributed by atoms with Gasteiger partial charge >= 0.3 is 0 Å². The Labute approximate surface area is 118 Å². The largest absolute Gasteiger partial charge is 0.437 e. The fourth-order valence-electron chi connectivity index (χ4n) is 1.23. The number of hydrogen-bond acceptors (Lipinski definition) is 2. The number of halogens is 3. The average molecular weight is 333 g/mol. The fourth-order valence-corrected chi connectivity index (χ4v) is 1.89. The number of aromatic nitrogens is 1. The first-order chi connectivity index (χ1) is 8.20.